The fourth-order valence-electron chi connectivity index (χ4n) is 2.69. The van der Waals surface area contributed by atoms with E-state index in [2.05, 4.69) is 55.3 Å². The number of nitrogens with two attached hydrogens (primary N) is 1. The molecule has 4 nitrogen and oxygen atoms in total. The van der Waals surface area contributed by atoms with E-state index in [1.165, 1.54) is 9.75 Å². The molecule has 0 saturated heterocycles. The van der Waals surface area contributed by atoms with Crippen molar-refractivity contribution in [2.45, 2.75) is 33.2 Å². The maximum atomic E-state index is 5.75. The Morgan fingerprint density at radius 3 is 2.88 bits per heavy atom. The molecule has 0 bridgehead atoms. The number of hydrogen-bond acceptors (Lipinski definition) is 5. The zero-order chi connectivity index (χ0) is 17.8. The van der Waals surface area contributed by atoms with E-state index in [0.717, 1.165) is 52.9 Å². The van der Waals surface area contributed by atoms with Gasteiger partial charge >= 0.3 is 0 Å². The van der Waals surface area contributed by atoms with Gasteiger partial charge in [0.05, 0.1) is 17.6 Å². The molecule has 3 heterocycles. The van der Waals surface area contributed by atoms with Gasteiger partial charge in [0, 0.05) is 31.5 Å². The highest BCUT2D eigenvalue weighted by Gasteiger charge is 2.19. The van der Waals surface area contributed by atoms with E-state index in [-0.39, 0.29) is 0 Å². The summed E-state index contributed by atoms with van der Waals surface area (Å²) in [5, 5.41) is 4.17. The summed E-state index contributed by atoms with van der Waals surface area (Å²) >= 11 is 7.23. The summed E-state index contributed by atoms with van der Waals surface area (Å²) in [6.07, 6.45) is 1.93. The van der Waals surface area contributed by atoms with Crippen LogP contribution in [0.4, 0.5) is 5.95 Å². The second-order valence-corrected chi connectivity index (χ2v) is 8.39. The fraction of sp³-hybridized carbons (Fsp3) is 0.389. The van der Waals surface area contributed by atoms with E-state index in [1.54, 1.807) is 11.3 Å². The van der Waals surface area contributed by atoms with Crippen LogP contribution in [0.25, 0.3) is 11.0 Å². The molecule has 0 amide bonds. The quantitative estimate of drug-likeness (QED) is 0.525. The molecule has 3 aromatic rings. The predicted octanol–water partition coefficient (Wildman–Crippen LogP) is 4.74. The number of H-pyrrole nitrogens is 1. The Morgan fingerprint density at radius 2 is 2.20 bits per heavy atom. The summed E-state index contributed by atoms with van der Waals surface area (Å²) < 4.78 is 1.14. The second kappa shape index (κ2) is 8.37. The summed E-state index contributed by atoms with van der Waals surface area (Å²) in [5.74, 6) is 7.22. The zero-order valence-corrected chi connectivity index (χ0v) is 17.6. The van der Waals surface area contributed by atoms with E-state index >= 15 is 0 Å². The predicted molar refractivity (Wildman–Crippen MR) is 113 cm³/mol. The Labute approximate surface area is 164 Å². The lowest BCUT2D eigenvalue weighted by atomic mass is 10.2. The molecule has 7 heteroatoms. The van der Waals surface area contributed by atoms with Crippen molar-refractivity contribution in [3.05, 3.63) is 30.6 Å². The van der Waals surface area contributed by atoms with Crippen molar-refractivity contribution in [3.63, 3.8) is 0 Å². The van der Waals surface area contributed by atoms with Gasteiger partial charge in [-0.25, -0.2) is 4.98 Å². The number of aromatic nitrogens is 2. The monoisotopic (exact) mass is 436 g/mol. The van der Waals surface area contributed by atoms with Gasteiger partial charge in [0.15, 0.2) is 0 Å². The SMILES string of the molecule is CC#Cc1c(CN(CCCN)c2nc3cscc3[nH]2)sc(CC)c1Br. The third kappa shape index (κ3) is 3.93. The molecule has 3 N–H and O–H groups in total. The molecule has 0 aliphatic heterocycles. The summed E-state index contributed by atoms with van der Waals surface area (Å²) in [5.41, 5.74) is 8.97. The molecule has 0 aromatic carbocycles. The Kier molecular flexibility index (Phi) is 6.18. The molecule has 0 unspecified atom stereocenters. The molecule has 0 atom stereocenters. The van der Waals surface area contributed by atoms with Gasteiger partial charge in [0.2, 0.25) is 5.95 Å². The van der Waals surface area contributed by atoms with Gasteiger partial charge in [-0.3, -0.25) is 0 Å². The van der Waals surface area contributed by atoms with Crippen LogP contribution in [0.5, 0.6) is 0 Å². The minimum atomic E-state index is 0.668. The number of aromatic amines is 1. The minimum Gasteiger partial charge on any atom is -0.337 e. The first-order valence-corrected chi connectivity index (χ1v) is 10.8. The molecule has 3 rings (SSSR count). The maximum Gasteiger partial charge on any atom is 0.204 e. The third-order valence-corrected chi connectivity index (χ3v) is 7.13. The molecule has 0 fully saturated rings. The van der Waals surface area contributed by atoms with Crippen LogP contribution in [-0.4, -0.2) is 23.1 Å². The normalized spacial score (nSPS) is 10.9. The van der Waals surface area contributed by atoms with Crippen LogP contribution in [0.3, 0.4) is 0 Å². The van der Waals surface area contributed by atoms with Crippen LogP contribution < -0.4 is 10.6 Å². The van der Waals surface area contributed by atoms with Crippen molar-refractivity contribution in [1.29, 1.82) is 0 Å². The number of rotatable bonds is 7. The van der Waals surface area contributed by atoms with Gasteiger partial charge in [-0.1, -0.05) is 12.8 Å². The van der Waals surface area contributed by atoms with E-state index in [1.807, 2.05) is 18.3 Å². The Bertz CT molecular complexity index is 884. The van der Waals surface area contributed by atoms with Gasteiger partial charge in [0.1, 0.15) is 5.52 Å². The van der Waals surface area contributed by atoms with Crippen LogP contribution in [-0.2, 0) is 13.0 Å². The molecular weight excluding hydrogens is 416 g/mol. The third-order valence-electron chi connectivity index (χ3n) is 3.94. The minimum absolute atomic E-state index is 0.668. The van der Waals surface area contributed by atoms with Crippen LogP contribution in [0.2, 0.25) is 0 Å². The van der Waals surface area contributed by atoms with Gasteiger partial charge in [-0.15, -0.1) is 28.6 Å². The molecule has 0 aliphatic carbocycles. The topological polar surface area (TPSA) is 57.9 Å². The summed E-state index contributed by atoms with van der Waals surface area (Å²) in [7, 11) is 0. The lowest BCUT2D eigenvalue weighted by molar-refractivity contribution is 0.724. The first-order valence-electron chi connectivity index (χ1n) is 8.27. The number of nitrogens with one attached hydrogen (secondary N) is 1. The average Bonchev–Trinajstić information content (AvgIpc) is 3.27. The Hall–Kier alpha value is -1.33. The number of anilines is 1. The number of nitrogens with zero attached hydrogens (tertiary/aromatic N) is 2. The van der Waals surface area contributed by atoms with E-state index < -0.39 is 0 Å². The standard InChI is InChI=1S/C18H21BrN4S2/c1-3-6-12-16(25-15(4-2)17(12)19)9-23(8-5-7-20)18-21-13-10-24-11-14(13)22-18/h10-11H,4-5,7-9,20H2,1-2H3,(H,21,22). The Balaban J connectivity index is 1.94. The molecule has 3 aromatic heterocycles. The van der Waals surface area contributed by atoms with Gasteiger partial charge < -0.3 is 15.6 Å². The van der Waals surface area contributed by atoms with Crippen molar-refractivity contribution >= 4 is 55.6 Å². The number of aryl methyl sites for hydroxylation is 1. The maximum absolute atomic E-state index is 5.75. The largest absolute Gasteiger partial charge is 0.337 e. The van der Waals surface area contributed by atoms with Crippen LogP contribution >= 0.6 is 38.6 Å². The van der Waals surface area contributed by atoms with Crippen molar-refractivity contribution in [2.24, 2.45) is 5.73 Å². The molecule has 0 aliphatic rings. The molecule has 0 saturated carbocycles. The van der Waals surface area contributed by atoms with Gasteiger partial charge in [-0.2, -0.15) is 0 Å². The molecule has 25 heavy (non-hydrogen) atoms. The fourth-order valence-corrected chi connectivity index (χ4v) is 5.49. The highest BCUT2D eigenvalue weighted by molar-refractivity contribution is 9.10. The first kappa shape index (κ1) is 18.5. The van der Waals surface area contributed by atoms with E-state index in [0.29, 0.717) is 6.54 Å². The highest BCUT2D eigenvalue weighted by atomic mass is 79.9. The molecular formula is C18H21BrN4S2. The lowest BCUT2D eigenvalue weighted by Crippen LogP contribution is -2.26. The Morgan fingerprint density at radius 1 is 1.36 bits per heavy atom. The first-order chi connectivity index (χ1) is 12.2. The number of hydrogen-bond donors (Lipinski definition) is 2. The summed E-state index contributed by atoms with van der Waals surface area (Å²) in [6, 6.07) is 0. The molecule has 132 valence electrons. The summed E-state index contributed by atoms with van der Waals surface area (Å²) in [6.45, 7) is 6.38. The number of imidazole rings is 1. The van der Waals surface area contributed by atoms with Gasteiger partial charge in [0.25, 0.3) is 0 Å². The van der Waals surface area contributed by atoms with E-state index in [9.17, 15) is 0 Å². The van der Waals surface area contributed by atoms with Crippen molar-refractivity contribution in [1.82, 2.24) is 9.97 Å². The second-order valence-electron chi connectivity index (χ2n) is 5.66. The number of thiophene rings is 2. The van der Waals surface area contributed by atoms with Crippen LogP contribution in [0, 0.1) is 11.8 Å². The van der Waals surface area contributed by atoms with Crippen LogP contribution in [0.1, 0.15) is 35.6 Å². The van der Waals surface area contributed by atoms with Crippen LogP contribution in [0.15, 0.2) is 15.2 Å². The summed E-state index contributed by atoms with van der Waals surface area (Å²) in [4.78, 5) is 13.1. The smallest absolute Gasteiger partial charge is 0.204 e. The zero-order valence-electron chi connectivity index (χ0n) is 14.4. The number of halogens is 1. The molecule has 0 spiro atoms. The highest BCUT2D eigenvalue weighted by Crippen LogP contribution is 2.35. The number of fused-ring (bicyclic) bond motifs is 1. The lowest BCUT2D eigenvalue weighted by Gasteiger charge is -2.21. The van der Waals surface area contributed by atoms with E-state index in [4.69, 9.17) is 10.7 Å². The van der Waals surface area contributed by atoms with Crippen molar-refractivity contribution < 1.29 is 0 Å². The van der Waals surface area contributed by atoms with Crippen molar-refractivity contribution in [2.75, 3.05) is 18.0 Å². The van der Waals surface area contributed by atoms with Gasteiger partial charge in [-0.05, 0) is 42.2 Å². The average molecular weight is 437 g/mol. The van der Waals surface area contributed by atoms with Crippen molar-refractivity contribution in [3.8, 4) is 11.8 Å². The molecule has 0 radical (unpaired) electrons.